The van der Waals surface area contributed by atoms with Gasteiger partial charge in [-0.25, -0.2) is 0 Å². The van der Waals surface area contributed by atoms with Crippen molar-refractivity contribution < 1.29 is 0 Å². The van der Waals surface area contributed by atoms with Gasteiger partial charge in [0.1, 0.15) is 0 Å². The molecular formula is C16H16. The van der Waals surface area contributed by atoms with Crippen molar-refractivity contribution in [3.05, 3.63) is 46.5 Å². The third-order valence-electron chi connectivity index (χ3n) is 5.61. The van der Waals surface area contributed by atoms with Crippen molar-refractivity contribution in [2.75, 3.05) is 0 Å². The van der Waals surface area contributed by atoms with E-state index in [2.05, 4.69) is 24.3 Å². The van der Waals surface area contributed by atoms with E-state index >= 15 is 0 Å². The molecular weight excluding hydrogens is 192 g/mol. The normalized spacial score (nSPS) is 41.8. The zero-order valence-electron chi connectivity index (χ0n) is 9.45. The third kappa shape index (κ3) is 0.714. The Hall–Kier alpha value is -1.04. The van der Waals surface area contributed by atoms with Gasteiger partial charge in [0.2, 0.25) is 0 Å². The Bertz CT molecular complexity index is 478. The maximum atomic E-state index is 2.38. The molecule has 4 aliphatic rings. The first kappa shape index (κ1) is 8.11. The summed E-state index contributed by atoms with van der Waals surface area (Å²) in [6.45, 7) is 0. The first-order valence-corrected chi connectivity index (χ1v) is 6.76. The summed E-state index contributed by atoms with van der Waals surface area (Å²) < 4.78 is 0. The van der Waals surface area contributed by atoms with Gasteiger partial charge in [-0.05, 0) is 48.6 Å². The van der Waals surface area contributed by atoms with Crippen molar-refractivity contribution in [1.82, 2.24) is 0 Å². The van der Waals surface area contributed by atoms with Crippen LogP contribution in [-0.2, 0) is 0 Å². The molecule has 16 heavy (non-hydrogen) atoms. The van der Waals surface area contributed by atoms with Crippen molar-refractivity contribution in [3.8, 4) is 0 Å². The summed E-state index contributed by atoms with van der Waals surface area (Å²) in [5.41, 5.74) is 7.19. The van der Waals surface area contributed by atoms with Gasteiger partial charge in [0, 0.05) is 11.8 Å². The van der Waals surface area contributed by atoms with Gasteiger partial charge in [-0.1, -0.05) is 35.4 Å². The molecule has 4 unspecified atom stereocenters. The molecule has 80 valence electrons. The maximum absolute atomic E-state index is 2.38. The van der Waals surface area contributed by atoms with E-state index in [0.717, 1.165) is 23.7 Å². The van der Waals surface area contributed by atoms with Crippen molar-refractivity contribution in [3.63, 3.8) is 0 Å². The molecule has 0 saturated heterocycles. The standard InChI is InChI=1S/C16H16/c1-2-4-12-11(3-1)13-8-14(12)16-10-6-5-9(7-10)15(13)16/h1-4,9-10,13-14H,5-8H2. The second-order valence-electron chi connectivity index (χ2n) is 6.09. The molecule has 1 aromatic rings. The van der Waals surface area contributed by atoms with E-state index < -0.39 is 0 Å². The molecule has 0 amide bonds. The Kier molecular flexibility index (Phi) is 1.24. The number of benzene rings is 1. The molecule has 0 N–H and O–H groups in total. The minimum atomic E-state index is 0.839. The number of allylic oxidation sites excluding steroid dienone is 2. The fraction of sp³-hybridized carbons (Fsp3) is 0.500. The quantitative estimate of drug-likeness (QED) is 0.446. The number of hydrogen-bond donors (Lipinski definition) is 0. The predicted molar refractivity (Wildman–Crippen MR) is 64.4 cm³/mol. The van der Waals surface area contributed by atoms with Gasteiger partial charge in [-0.2, -0.15) is 0 Å². The zero-order valence-corrected chi connectivity index (χ0v) is 9.45. The highest BCUT2D eigenvalue weighted by molar-refractivity contribution is 5.58. The lowest BCUT2D eigenvalue weighted by Gasteiger charge is -2.26. The molecule has 1 fully saturated rings. The topological polar surface area (TPSA) is 0 Å². The van der Waals surface area contributed by atoms with E-state index in [9.17, 15) is 0 Å². The third-order valence-corrected chi connectivity index (χ3v) is 5.61. The van der Waals surface area contributed by atoms with E-state index in [1.54, 1.807) is 11.1 Å². The van der Waals surface area contributed by atoms with Gasteiger partial charge in [-0.15, -0.1) is 0 Å². The van der Waals surface area contributed by atoms with Crippen molar-refractivity contribution in [2.45, 2.75) is 37.5 Å². The largest absolute Gasteiger partial charge is 0.0620 e. The average Bonchev–Trinajstić information content (AvgIpc) is 3.07. The van der Waals surface area contributed by atoms with Crippen LogP contribution < -0.4 is 0 Å². The van der Waals surface area contributed by atoms with Gasteiger partial charge in [0.25, 0.3) is 0 Å². The van der Waals surface area contributed by atoms with E-state index in [4.69, 9.17) is 0 Å². The van der Waals surface area contributed by atoms with Gasteiger partial charge in [0.15, 0.2) is 0 Å². The lowest BCUT2D eigenvalue weighted by Crippen LogP contribution is -2.10. The highest BCUT2D eigenvalue weighted by atomic mass is 14.6. The fourth-order valence-electron chi connectivity index (χ4n) is 5.21. The summed E-state index contributed by atoms with van der Waals surface area (Å²) in [7, 11) is 0. The molecule has 0 heteroatoms. The van der Waals surface area contributed by atoms with Crippen LogP contribution in [0.4, 0.5) is 0 Å². The molecule has 0 heterocycles. The SMILES string of the molecule is c1ccc2c(c1)C1CC2C2=C1C1CCC2C1. The first-order valence-electron chi connectivity index (χ1n) is 6.76. The van der Waals surface area contributed by atoms with Crippen LogP contribution in [0.1, 0.15) is 48.6 Å². The monoisotopic (exact) mass is 208 g/mol. The second-order valence-corrected chi connectivity index (χ2v) is 6.09. The van der Waals surface area contributed by atoms with E-state index in [-0.39, 0.29) is 0 Å². The van der Waals surface area contributed by atoms with Crippen LogP contribution in [0.25, 0.3) is 0 Å². The molecule has 0 aromatic heterocycles. The van der Waals surface area contributed by atoms with Crippen molar-refractivity contribution in [2.24, 2.45) is 11.8 Å². The minimum absolute atomic E-state index is 0.839. The van der Waals surface area contributed by atoms with Gasteiger partial charge in [-0.3, -0.25) is 0 Å². The lowest BCUT2D eigenvalue weighted by molar-refractivity contribution is 0.584. The smallest absolute Gasteiger partial charge is 0.00658 e. The van der Waals surface area contributed by atoms with Crippen LogP contribution in [0.2, 0.25) is 0 Å². The average molecular weight is 208 g/mol. The van der Waals surface area contributed by atoms with Gasteiger partial charge in [0.05, 0.1) is 0 Å². The molecule has 4 atom stereocenters. The Morgan fingerprint density at radius 1 is 0.750 bits per heavy atom. The van der Waals surface area contributed by atoms with Crippen LogP contribution in [0.3, 0.4) is 0 Å². The number of rotatable bonds is 0. The van der Waals surface area contributed by atoms with Crippen LogP contribution in [0, 0.1) is 11.8 Å². The van der Waals surface area contributed by atoms with Crippen molar-refractivity contribution in [1.29, 1.82) is 0 Å². The molecule has 4 aliphatic carbocycles. The first-order chi connectivity index (χ1) is 7.93. The molecule has 0 radical (unpaired) electrons. The Labute approximate surface area is 96.4 Å². The van der Waals surface area contributed by atoms with Crippen LogP contribution >= 0.6 is 0 Å². The Morgan fingerprint density at radius 2 is 1.31 bits per heavy atom. The van der Waals surface area contributed by atoms with Crippen LogP contribution in [-0.4, -0.2) is 0 Å². The summed E-state index contributed by atoms with van der Waals surface area (Å²) in [5.74, 6) is 3.66. The highest BCUT2D eigenvalue weighted by Crippen LogP contribution is 2.67. The molecule has 0 nitrogen and oxygen atoms in total. The fourth-order valence-corrected chi connectivity index (χ4v) is 5.21. The van der Waals surface area contributed by atoms with E-state index in [0.29, 0.717) is 0 Å². The summed E-state index contributed by atoms with van der Waals surface area (Å²) in [6, 6.07) is 9.23. The highest BCUT2D eigenvalue weighted by Gasteiger charge is 2.53. The Balaban J connectivity index is 1.76. The molecule has 0 aliphatic heterocycles. The summed E-state index contributed by atoms with van der Waals surface area (Å²) >= 11 is 0. The lowest BCUT2D eigenvalue weighted by atomic mass is 9.79. The van der Waals surface area contributed by atoms with Crippen LogP contribution in [0.5, 0.6) is 0 Å². The molecule has 4 bridgehead atoms. The summed E-state index contributed by atoms with van der Waals surface area (Å²) in [5, 5.41) is 0. The molecule has 5 rings (SSSR count). The predicted octanol–water partition coefficient (Wildman–Crippen LogP) is 4.00. The van der Waals surface area contributed by atoms with E-state index in [1.807, 2.05) is 11.1 Å². The molecule has 1 aromatic carbocycles. The van der Waals surface area contributed by atoms with Gasteiger partial charge < -0.3 is 0 Å². The van der Waals surface area contributed by atoms with Crippen LogP contribution in [0.15, 0.2) is 35.4 Å². The number of fused-ring (bicyclic) bond motifs is 11. The van der Waals surface area contributed by atoms with Crippen molar-refractivity contribution >= 4 is 0 Å². The molecule has 1 saturated carbocycles. The zero-order chi connectivity index (χ0) is 10.3. The Morgan fingerprint density at radius 3 is 1.88 bits per heavy atom. The second kappa shape index (κ2) is 2.45. The molecule has 0 spiro atoms. The maximum Gasteiger partial charge on any atom is 0.00658 e. The van der Waals surface area contributed by atoms with E-state index in [1.165, 1.54) is 25.7 Å². The minimum Gasteiger partial charge on any atom is -0.0620 e. The van der Waals surface area contributed by atoms with Gasteiger partial charge >= 0.3 is 0 Å². The summed E-state index contributed by atoms with van der Waals surface area (Å²) in [6.07, 6.45) is 5.92. The number of hydrogen-bond acceptors (Lipinski definition) is 0. The summed E-state index contributed by atoms with van der Waals surface area (Å²) in [4.78, 5) is 0.